The molecule has 0 unspecified atom stereocenters. The molecule has 17 heavy (non-hydrogen) atoms. The third-order valence-corrected chi connectivity index (χ3v) is 3.04. The Morgan fingerprint density at radius 1 is 1.35 bits per heavy atom. The number of hydrogen-bond donors (Lipinski definition) is 0. The summed E-state index contributed by atoms with van der Waals surface area (Å²) in [6.45, 7) is 0. The van der Waals surface area contributed by atoms with Crippen molar-refractivity contribution < 1.29 is 17.6 Å². The van der Waals surface area contributed by atoms with E-state index in [2.05, 4.69) is 4.40 Å². The number of carbonyl (C=O) groups is 1. The second-order valence-corrected chi connectivity index (χ2v) is 5.09. The van der Waals surface area contributed by atoms with Crippen LogP contribution < -0.4 is 0 Å². The molecule has 0 aliphatic carbocycles. The van der Waals surface area contributed by atoms with Crippen molar-refractivity contribution in [1.82, 2.24) is 4.90 Å². The standard InChI is InChI=1S/C10H11FN2O3S/c1-13(2)7-12-17(15,16)9-4-3-8(6-14)10(11)5-9/h3-7H,1-2H3/b12-7-. The number of benzene rings is 1. The van der Waals surface area contributed by atoms with Gasteiger partial charge in [-0.05, 0) is 18.2 Å². The summed E-state index contributed by atoms with van der Waals surface area (Å²) in [4.78, 5) is 11.5. The van der Waals surface area contributed by atoms with Gasteiger partial charge in [0, 0.05) is 14.1 Å². The molecule has 0 aromatic heterocycles. The summed E-state index contributed by atoms with van der Waals surface area (Å²) in [5.41, 5.74) is -0.194. The average molecular weight is 258 g/mol. The fourth-order valence-electron chi connectivity index (χ4n) is 0.981. The van der Waals surface area contributed by atoms with Crippen molar-refractivity contribution in [3.05, 3.63) is 29.6 Å². The van der Waals surface area contributed by atoms with Crippen LogP contribution in [0, 0.1) is 5.82 Å². The zero-order valence-electron chi connectivity index (χ0n) is 9.29. The van der Waals surface area contributed by atoms with Crippen molar-refractivity contribution in [1.29, 1.82) is 0 Å². The van der Waals surface area contributed by atoms with Crippen LogP contribution in [0.2, 0.25) is 0 Å². The molecule has 0 atom stereocenters. The van der Waals surface area contributed by atoms with Crippen molar-refractivity contribution in [2.24, 2.45) is 4.40 Å². The molecule has 0 amide bonds. The number of rotatable bonds is 4. The normalized spacial score (nSPS) is 11.7. The van der Waals surface area contributed by atoms with Gasteiger partial charge in [-0.2, -0.15) is 8.42 Å². The topological polar surface area (TPSA) is 66.8 Å². The van der Waals surface area contributed by atoms with E-state index < -0.39 is 15.8 Å². The van der Waals surface area contributed by atoms with Gasteiger partial charge in [0.15, 0.2) is 6.29 Å². The van der Waals surface area contributed by atoms with Crippen LogP contribution >= 0.6 is 0 Å². The zero-order valence-corrected chi connectivity index (χ0v) is 10.1. The number of halogens is 1. The lowest BCUT2D eigenvalue weighted by atomic mass is 10.2. The largest absolute Gasteiger partial charge is 0.368 e. The number of nitrogens with zero attached hydrogens (tertiary/aromatic N) is 2. The minimum Gasteiger partial charge on any atom is -0.368 e. The van der Waals surface area contributed by atoms with Gasteiger partial charge in [0.05, 0.1) is 10.5 Å². The second-order valence-electron chi connectivity index (χ2n) is 3.46. The summed E-state index contributed by atoms with van der Waals surface area (Å²) in [7, 11) is -0.718. The van der Waals surface area contributed by atoms with Crippen LogP contribution in [0.15, 0.2) is 27.5 Å². The van der Waals surface area contributed by atoms with Crippen LogP contribution in [-0.4, -0.2) is 40.0 Å². The fourth-order valence-corrected chi connectivity index (χ4v) is 1.91. The molecule has 0 N–H and O–H groups in total. The number of hydrogen-bond acceptors (Lipinski definition) is 3. The molecule has 92 valence electrons. The molecular weight excluding hydrogens is 247 g/mol. The van der Waals surface area contributed by atoms with Gasteiger partial charge in [-0.25, -0.2) is 4.39 Å². The lowest BCUT2D eigenvalue weighted by molar-refractivity contribution is 0.111. The summed E-state index contributed by atoms with van der Waals surface area (Å²) >= 11 is 0. The van der Waals surface area contributed by atoms with Crippen molar-refractivity contribution in [3.63, 3.8) is 0 Å². The summed E-state index contributed by atoms with van der Waals surface area (Å²) < 4.78 is 39.8. The number of aldehydes is 1. The van der Waals surface area contributed by atoms with Crippen LogP contribution in [0.3, 0.4) is 0 Å². The zero-order chi connectivity index (χ0) is 13.1. The van der Waals surface area contributed by atoms with Gasteiger partial charge in [-0.3, -0.25) is 4.79 Å². The van der Waals surface area contributed by atoms with Crippen LogP contribution in [0.1, 0.15) is 10.4 Å². The monoisotopic (exact) mass is 258 g/mol. The molecule has 0 spiro atoms. The first-order valence-electron chi connectivity index (χ1n) is 4.58. The molecule has 0 aliphatic heterocycles. The van der Waals surface area contributed by atoms with Crippen molar-refractivity contribution in [2.75, 3.05) is 14.1 Å². The molecule has 0 heterocycles. The first-order valence-corrected chi connectivity index (χ1v) is 6.02. The van der Waals surface area contributed by atoms with E-state index in [-0.39, 0.29) is 10.5 Å². The van der Waals surface area contributed by atoms with Crippen molar-refractivity contribution in [3.8, 4) is 0 Å². The molecule has 0 radical (unpaired) electrons. The molecule has 0 aliphatic rings. The molecule has 5 nitrogen and oxygen atoms in total. The van der Waals surface area contributed by atoms with Crippen molar-refractivity contribution in [2.45, 2.75) is 4.90 Å². The van der Waals surface area contributed by atoms with Crippen LogP contribution in [-0.2, 0) is 10.0 Å². The maximum absolute atomic E-state index is 13.2. The molecule has 1 aromatic carbocycles. The van der Waals surface area contributed by atoms with E-state index in [1.807, 2.05) is 0 Å². The van der Waals surface area contributed by atoms with E-state index in [0.29, 0.717) is 6.29 Å². The Bertz CT molecular complexity index is 553. The van der Waals surface area contributed by atoms with Gasteiger partial charge < -0.3 is 4.90 Å². The lowest BCUT2D eigenvalue weighted by Gasteiger charge is -2.03. The first-order chi connectivity index (χ1) is 7.86. The van der Waals surface area contributed by atoms with Gasteiger partial charge in [-0.15, -0.1) is 4.40 Å². The van der Waals surface area contributed by atoms with Gasteiger partial charge in [0.1, 0.15) is 12.2 Å². The van der Waals surface area contributed by atoms with E-state index in [0.717, 1.165) is 24.5 Å². The van der Waals surface area contributed by atoms with Gasteiger partial charge >= 0.3 is 0 Å². The number of sulfonamides is 1. The van der Waals surface area contributed by atoms with Crippen LogP contribution in [0.5, 0.6) is 0 Å². The van der Waals surface area contributed by atoms with E-state index in [4.69, 9.17) is 0 Å². The molecular formula is C10H11FN2O3S. The Labute approximate surface area is 98.6 Å². The van der Waals surface area contributed by atoms with E-state index in [9.17, 15) is 17.6 Å². The molecule has 0 bridgehead atoms. The van der Waals surface area contributed by atoms with E-state index in [1.165, 1.54) is 4.90 Å². The fraction of sp³-hybridized carbons (Fsp3) is 0.200. The lowest BCUT2D eigenvalue weighted by Crippen LogP contribution is -2.10. The minimum atomic E-state index is -3.93. The maximum atomic E-state index is 13.2. The van der Waals surface area contributed by atoms with Crippen LogP contribution in [0.4, 0.5) is 4.39 Å². The van der Waals surface area contributed by atoms with Gasteiger partial charge in [0.2, 0.25) is 0 Å². The first kappa shape index (κ1) is 13.3. The Morgan fingerprint density at radius 3 is 2.47 bits per heavy atom. The molecule has 0 saturated heterocycles. The quantitative estimate of drug-likeness (QED) is 0.457. The SMILES string of the molecule is CN(C)/C=N\S(=O)(=O)c1ccc(C=O)c(F)c1. The summed E-state index contributed by atoms with van der Waals surface area (Å²) in [6, 6.07) is 3.00. The Kier molecular flexibility index (Phi) is 3.95. The average Bonchev–Trinajstić information content (AvgIpc) is 2.26. The van der Waals surface area contributed by atoms with Gasteiger partial charge in [-0.1, -0.05) is 0 Å². The van der Waals surface area contributed by atoms with E-state index in [1.54, 1.807) is 14.1 Å². The summed E-state index contributed by atoms with van der Waals surface area (Å²) in [5.74, 6) is -0.888. The third kappa shape index (κ3) is 3.35. The van der Waals surface area contributed by atoms with Crippen LogP contribution in [0.25, 0.3) is 0 Å². The predicted molar refractivity (Wildman–Crippen MR) is 61.2 cm³/mol. The van der Waals surface area contributed by atoms with Crippen molar-refractivity contribution >= 4 is 22.6 Å². The minimum absolute atomic E-state index is 0.194. The van der Waals surface area contributed by atoms with E-state index >= 15 is 0 Å². The predicted octanol–water partition coefficient (Wildman–Crippen LogP) is 0.917. The second kappa shape index (κ2) is 5.05. The molecule has 0 fully saturated rings. The summed E-state index contributed by atoms with van der Waals surface area (Å²) in [6.07, 6.45) is 1.41. The Hall–Kier alpha value is -1.76. The molecule has 1 rings (SSSR count). The highest BCUT2D eigenvalue weighted by Crippen LogP contribution is 2.15. The van der Waals surface area contributed by atoms with Gasteiger partial charge in [0.25, 0.3) is 10.0 Å². The highest BCUT2D eigenvalue weighted by atomic mass is 32.2. The number of carbonyl (C=O) groups excluding carboxylic acids is 1. The highest BCUT2D eigenvalue weighted by Gasteiger charge is 2.14. The molecule has 7 heteroatoms. The maximum Gasteiger partial charge on any atom is 0.283 e. The highest BCUT2D eigenvalue weighted by molar-refractivity contribution is 7.90. The Morgan fingerprint density at radius 2 is 2.00 bits per heavy atom. The summed E-state index contributed by atoms with van der Waals surface area (Å²) in [5, 5.41) is 0. The molecule has 1 aromatic rings. The smallest absolute Gasteiger partial charge is 0.283 e. The third-order valence-electron chi connectivity index (χ3n) is 1.81. The molecule has 0 saturated carbocycles. The Balaban J connectivity index is 3.17.